The van der Waals surface area contributed by atoms with Gasteiger partial charge in [0.1, 0.15) is 12.7 Å². The van der Waals surface area contributed by atoms with Gasteiger partial charge in [-0.05, 0) is 12.1 Å². The van der Waals surface area contributed by atoms with Gasteiger partial charge in [-0.3, -0.25) is 38.8 Å². The number of nitrogens with one attached hydrogen (secondary N) is 2. The van der Waals surface area contributed by atoms with Crippen molar-refractivity contribution in [2.75, 3.05) is 11.9 Å². The van der Waals surface area contributed by atoms with Gasteiger partial charge in [-0.2, -0.15) is 4.98 Å². The highest BCUT2D eigenvalue weighted by molar-refractivity contribution is 6.03. The van der Waals surface area contributed by atoms with Crippen LogP contribution in [0, 0.1) is 0 Å². The Labute approximate surface area is 208 Å². The van der Waals surface area contributed by atoms with E-state index in [0.717, 1.165) is 13.8 Å². The molecule has 0 radical (unpaired) electrons. The summed E-state index contributed by atoms with van der Waals surface area (Å²) in [4.78, 5) is 71.1. The van der Waals surface area contributed by atoms with E-state index in [9.17, 15) is 24.0 Å². The predicted octanol–water partition coefficient (Wildman–Crippen LogP) is 0.696. The number of amides is 1. The number of fused-ring (bicyclic) bond motifs is 1. The lowest BCUT2D eigenvalue weighted by atomic mass is 10.1. The number of esters is 3. The summed E-state index contributed by atoms with van der Waals surface area (Å²) in [6.45, 7) is 3.21. The molecule has 4 rings (SSSR count). The molecule has 2 aromatic heterocycles. The number of hydrogen-bond donors (Lipinski definition) is 2. The lowest BCUT2D eigenvalue weighted by Gasteiger charge is -2.23. The maximum atomic E-state index is 12.7. The number of imidazole rings is 1. The summed E-state index contributed by atoms with van der Waals surface area (Å²) in [5.74, 6) is -2.66. The summed E-state index contributed by atoms with van der Waals surface area (Å²) in [7, 11) is 0. The molecule has 2 N–H and O–H groups in total. The Morgan fingerprint density at radius 2 is 1.70 bits per heavy atom. The fourth-order valence-corrected chi connectivity index (χ4v) is 3.86. The molecule has 1 amide bonds. The minimum Gasteiger partial charge on any atom is -0.463 e. The Morgan fingerprint density at radius 3 is 2.35 bits per heavy atom. The zero-order valence-electron chi connectivity index (χ0n) is 20.0. The second kappa shape index (κ2) is 10.6. The van der Waals surface area contributed by atoms with Crippen LogP contribution < -0.4 is 10.9 Å². The summed E-state index contributed by atoms with van der Waals surface area (Å²) >= 11 is 0. The van der Waals surface area contributed by atoms with Gasteiger partial charge in [0, 0.05) is 26.3 Å². The van der Waals surface area contributed by atoms with Crippen LogP contribution in [0.2, 0.25) is 0 Å². The van der Waals surface area contributed by atoms with Crippen LogP contribution in [-0.4, -0.2) is 68.3 Å². The number of carbonyl (C=O) groups is 4. The molecule has 0 bridgehead atoms. The Balaban J connectivity index is 1.72. The van der Waals surface area contributed by atoms with Gasteiger partial charge in [0.2, 0.25) is 5.95 Å². The zero-order valence-corrected chi connectivity index (χ0v) is 20.0. The van der Waals surface area contributed by atoms with E-state index >= 15 is 0 Å². The minimum absolute atomic E-state index is 0.0102. The molecule has 37 heavy (non-hydrogen) atoms. The van der Waals surface area contributed by atoms with E-state index < -0.39 is 53.9 Å². The van der Waals surface area contributed by atoms with Gasteiger partial charge in [0.25, 0.3) is 11.5 Å². The van der Waals surface area contributed by atoms with Gasteiger partial charge in [-0.25, -0.2) is 4.98 Å². The molecule has 1 saturated heterocycles. The van der Waals surface area contributed by atoms with Gasteiger partial charge in [-0.15, -0.1) is 0 Å². The molecule has 3 heterocycles. The molecule has 0 spiro atoms. The quantitative estimate of drug-likeness (QED) is 0.334. The molecule has 1 aromatic carbocycles. The summed E-state index contributed by atoms with van der Waals surface area (Å²) in [6.07, 6.45) is -3.31. The first kappa shape index (κ1) is 25.5. The van der Waals surface area contributed by atoms with Crippen LogP contribution in [0.15, 0.2) is 41.5 Å². The standard InChI is InChI=1S/C23H23N5O9/c1-11(29)34-9-15-17(35-12(2)30)18(36-13(3)31)22(37-15)28-10-24-16-19(28)25-23(27-21(16)33)26-20(32)14-7-5-4-6-8-14/h4-8,10,15,17-18,22H,9H2,1-3H3,(H2,25,26,27,32,33)/t15-,17-,18-,22-/m1/s1/i27+1. The van der Waals surface area contributed by atoms with Gasteiger partial charge in [-0.1, -0.05) is 18.2 Å². The van der Waals surface area contributed by atoms with Crippen LogP contribution in [0.1, 0.15) is 37.4 Å². The Bertz CT molecular complexity index is 1400. The van der Waals surface area contributed by atoms with Crippen molar-refractivity contribution in [2.24, 2.45) is 0 Å². The molecule has 1 aliphatic heterocycles. The van der Waals surface area contributed by atoms with Crippen LogP contribution >= 0.6 is 0 Å². The first-order valence-corrected chi connectivity index (χ1v) is 11.1. The number of rotatable bonds is 7. The monoisotopic (exact) mass is 514 g/mol. The summed E-state index contributed by atoms with van der Waals surface area (Å²) < 4.78 is 23.1. The molecule has 14 nitrogen and oxygen atoms in total. The SMILES string of the molecule is CC(=O)OC[C@H]1O[C@@H](n2cnc3c(=O)[15nH]c(NC(=O)c4ccccc4)nc32)[C@H](OC(C)=O)[C@@H]1OC(C)=O. The van der Waals surface area contributed by atoms with Crippen molar-refractivity contribution in [3.8, 4) is 0 Å². The van der Waals surface area contributed by atoms with E-state index in [0.29, 0.717) is 5.56 Å². The Morgan fingerprint density at radius 1 is 1.03 bits per heavy atom. The third kappa shape index (κ3) is 5.64. The first-order valence-electron chi connectivity index (χ1n) is 11.1. The van der Waals surface area contributed by atoms with Crippen LogP contribution in [0.4, 0.5) is 5.95 Å². The molecular weight excluding hydrogens is 491 g/mol. The summed E-state index contributed by atoms with van der Waals surface area (Å²) in [5.41, 5.74) is -0.410. The number of nitrogens with zero attached hydrogens (tertiary/aromatic N) is 3. The number of aromatic nitrogens is 4. The number of anilines is 1. The average Bonchev–Trinajstić information content (AvgIpc) is 3.39. The molecule has 0 unspecified atom stereocenters. The van der Waals surface area contributed by atoms with Crippen molar-refractivity contribution >= 4 is 40.9 Å². The molecule has 194 valence electrons. The van der Waals surface area contributed by atoms with Crippen molar-refractivity contribution in [3.05, 3.63) is 52.6 Å². The molecule has 1 fully saturated rings. The molecular formula is C23H23N5O9. The molecule has 3 aromatic rings. The fourth-order valence-electron chi connectivity index (χ4n) is 3.86. The number of H-pyrrole nitrogens is 1. The van der Waals surface area contributed by atoms with Gasteiger partial charge in [0.05, 0.1) is 6.33 Å². The van der Waals surface area contributed by atoms with Crippen LogP contribution in [0.25, 0.3) is 11.2 Å². The highest BCUT2D eigenvalue weighted by atomic mass is 16.7. The second-order valence-electron chi connectivity index (χ2n) is 8.07. The number of ether oxygens (including phenoxy) is 4. The zero-order chi connectivity index (χ0) is 26.7. The fraction of sp³-hybridized carbons (Fsp3) is 0.348. The lowest BCUT2D eigenvalue weighted by molar-refractivity contribution is -0.166. The van der Waals surface area contributed by atoms with E-state index in [1.807, 2.05) is 0 Å². The van der Waals surface area contributed by atoms with E-state index in [-0.39, 0.29) is 23.7 Å². The number of benzene rings is 1. The van der Waals surface area contributed by atoms with E-state index in [1.165, 1.54) is 17.8 Å². The first-order chi connectivity index (χ1) is 17.6. The molecule has 14 heteroatoms. The minimum atomic E-state index is -1.21. The Kier molecular flexibility index (Phi) is 7.29. The van der Waals surface area contributed by atoms with Crippen molar-refractivity contribution in [1.29, 1.82) is 0 Å². The van der Waals surface area contributed by atoms with Crippen LogP contribution in [0.5, 0.6) is 0 Å². The maximum absolute atomic E-state index is 12.7. The lowest BCUT2D eigenvalue weighted by Crippen LogP contribution is -2.40. The predicted molar refractivity (Wildman–Crippen MR) is 124 cm³/mol. The topological polar surface area (TPSA) is 181 Å². The number of aromatic amines is 1. The second-order valence-corrected chi connectivity index (χ2v) is 8.07. The van der Waals surface area contributed by atoms with Gasteiger partial charge < -0.3 is 18.9 Å². The van der Waals surface area contributed by atoms with E-state index in [4.69, 9.17) is 18.9 Å². The maximum Gasteiger partial charge on any atom is 0.303 e. The van der Waals surface area contributed by atoms with Crippen LogP contribution in [0.3, 0.4) is 0 Å². The average molecular weight is 514 g/mol. The smallest absolute Gasteiger partial charge is 0.303 e. The normalized spacial score (nSPS) is 20.8. The highest BCUT2D eigenvalue weighted by Crippen LogP contribution is 2.35. The third-order valence-corrected chi connectivity index (χ3v) is 5.31. The third-order valence-electron chi connectivity index (χ3n) is 5.31. The molecule has 4 atom stereocenters. The summed E-state index contributed by atoms with van der Waals surface area (Å²) in [6, 6.07) is 8.29. The van der Waals surface area contributed by atoms with Gasteiger partial charge in [0.15, 0.2) is 29.6 Å². The van der Waals surface area contributed by atoms with Gasteiger partial charge >= 0.3 is 17.9 Å². The van der Waals surface area contributed by atoms with Crippen molar-refractivity contribution in [1.82, 2.24) is 19.5 Å². The van der Waals surface area contributed by atoms with E-state index in [1.54, 1.807) is 30.3 Å². The molecule has 1 aliphatic rings. The largest absolute Gasteiger partial charge is 0.463 e. The highest BCUT2D eigenvalue weighted by Gasteiger charge is 2.51. The van der Waals surface area contributed by atoms with E-state index in [2.05, 4.69) is 20.3 Å². The van der Waals surface area contributed by atoms with Crippen molar-refractivity contribution < 1.29 is 38.1 Å². The summed E-state index contributed by atoms with van der Waals surface area (Å²) in [5, 5.41) is 2.52. The van der Waals surface area contributed by atoms with Crippen molar-refractivity contribution in [3.63, 3.8) is 0 Å². The van der Waals surface area contributed by atoms with Crippen molar-refractivity contribution in [2.45, 2.75) is 45.3 Å². The molecule has 0 saturated carbocycles. The molecule has 0 aliphatic carbocycles. The number of hydrogen-bond acceptors (Lipinski definition) is 11. The Hall–Kier alpha value is -4.59. The number of carbonyl (C=O) groups excluding carboxylic acids is 4. The van der Waals surface area contributed by atoms with Crippen LogP contribution in [-0.2, 0) is 33.3 Å².